The highest BCUT2D eigenvalue weighted by molar-refractivity contribution is 5.33. The first kappa shape index (κ1) is 12.4. The number of hydrogen-bond donors (Lipinski definition) is 0. The lowest BCUT2D eigenvalue weighted by Gasteiger charge is -1.75. The summed E-state index contributed by atoms with van der Waals surface area (Å²) in [4.78, 5) is 0. The molecule has 0 saturated carbocycles. The predicted octanol–water partition coefficient (Wildman–Crippen LogP) is 3.22. The van der Waals surface area contributed by atoms with Gasteiger partial charge >= 0.3 is 0 Å². The van der Waals surface area contributed by atoms with Crippen LogP contribution < -0.4 is 0 Å². The van der Waals surface area contributed by atoms with Crippen LogP contribution in [0.2, 0.25) is 0 Å². The smallest absolute Gasteiger partial charge is 0.0950 e. The Morgan fingerprint density at radius 2 is 2.00 bits per heavy atom. The van der Waals surface area contributed by atoms with Crippen molar-refractivity contribution in [2.75, 3.05) is 0 Å². The van der Waals surface area contributed by atoms with Crippen LogP contribution in [0.5, 0.6) is 0 Å². The molecule has 0 aliphatic heterocycles. The molecular weight excluding hydrogens is 134 g/mol. The summed E-state index contributed by atoms with van der Waals surface area (Å²) in [7, 11) is 0. The summed E-state index contributed by atoms with van der Waals surface area (Å²) >= 11 is 0. The van der Waals surface area contributed by atoms with Gasteiger partial charge in [-0.25, -0.2) is 0 Å². The molecule has 1 rings (SSSR count). The van der Waals surface area contributed by atoms with E-state index in [9.17, 15) is 0 Å². The van der Waals surface area contributed by atoms with E-state index in [0.717, 1.165) is 12.0 Å². The lowest BCUT2D eigenvalue weighted by atomic mass is 10.3. The highest BCUT2D eigenvalue weighted by atomic mass is 14.2. The molecule has 0 radical (unpaired) electrons. The summed E-state index contributed by atoms with van der Waals surface area (Å²) in [6.07, 6.45) is 6.54. The first-order chi connectivity index (χ1) is 5.43. The minimum absolute atomic E-state index is 0.830. The third-order valence-corrected chi connectivity index (χ3v) is 0.915. The Hall–Kier alpha value is -1.29. The van der Waals surface area contributed by atoms with E-state index >= 15 is 0 Å². The zero-order valence-electron chi connectivity index (χ0n) is 7.30. The van der Waals surface area contributed by atoms with Crippen molar-refractivity contribution in [3.05, 3.63) is 37.0 Å². The van der Waals surface area contributed by atoms with Crippen LogP contribution >= 0.6 is 0 Å². The molecule has 1 aliphatic carbocycles. The highest BCUT2D eigenvalue weighted by Crippen LogP contribution is 2.06. The van der Waals surface area contributed by atoms with E-state index < -0.39 is 0 Å². The van der Waals surface area contributed by atoms with E-state index in [0.29, 0.717) is 0 Å². The summed E-state index contributed by atoms with van der Waals surface area (Å²) in [6, 6.07) is 2.06. The zero-order valence-corrected chi connectivity index (χ0v) is 7.30. The van der Waals surface area contributed by atoms with E-state index in [-0.39, 0.29) is 0 Å². The fraction of sp³-hybridized carbons (Fsp3) is 0.300. The van der Waals surface area contributed by atoms with Gasteiger partial charge in [0.1, 0.15) is 0 Å². The number of allylic oxidation sites excluding steroid dienone is 4. The van der Waals surface area contributed by atoms with E-state index in [1.54, 1.807) is 0 Å². The zero-order chi connectivity index (χ0) is 9.11. The van der Waals surface area contributed by atoms with Crippen molar-refractivity contribution in [2.45, 2.75) is 20.3 Å². The molecule has 60 valence electrons. The summed E-state index contributed by atoms with van der Waals surface area (Å²) in [6.45, 7) is 10.0. The number of nitriles is 1. The third-order valence-electron chi connectivity index (χ3n) is 0.915. The Labute approximate surface area is 69.4 Å². The molecule has 0 heterocycles. The minimum atomic E-state index is 0.830. The molecule has 0 amide bonds. The summed E-state index contributed by atoms with van der Waals surface area (Å²) in [5.41, 5.74) is 0.861. The van der Waals surface area contributed by atoms with E-state index in [1.807, 2.05) is 32.1 Å². The molecule has 0 aromatic heterocycles. The first-order valence-electron chi connectivity index (χ1n) is 3.69. The quantitative estimate of drug-likeness (QED) is 0.485. The molecule has 0 spiro atoms. The second-order valence-corrected chi connectivity index (χ2v) is 1.44. The molecule has 1 nitrogen and oxygen atoms in total. The Morgan fingerprint density at radius 1 is 1.45 bits per heavy atom. The topological polar surface area (TPSA) is 23.8 Å². The van der Waals surface area contributed by atoms with Gasteiger partial charge in [0, 0.05) is 12.0 Å². The molecule has 0 aromatic rings. The predicted molar refractivity (Wildman–Crippen MR) is 50.1 cm³/mol. The second-order valence-electron chi connectivity index (χ2n) is 1.44. The Kier molecular flexibility index (Phi) is 13.0. The van der Waals surface area contributed by atoms with Crippen molar-refractivity contribution in [2.24, 2.45) is 0 Å². The SMILES string of the molecule is C=C.CC.N#CC1=CC=CC1. The van der Waals surface area contributed by atoms with Crippen molar-refractivity contribution in [3.63, 3.8) is 0 Å². The van der Waals surface area contributed by atoms with Crippen molar-refractivity contribution in [1.82, 2.24) is 0 Å². The van der Waals surface area contributed by atoms with E-state index in [1.165, 1.54) is 0 Å². The van der Waals surface area contributed by atoms with Crippen molar-refractivity contribution in [3.8, 4) is 6.07 Å². The first-order valence-corrected chi connectivity index (χ1v) is 3.69. The molecule has 0 aromatic carbocycles. The summed E-state index contributed by atoms with van der Waals surface area (Å²) in [5.74, 6) is 0. The van der Waals surface area contributed by atoms with Gasteiger partial charge in [-0.1, -0.05) is 26.0 Å². The molecule has 1 heteroatoms. The van der Waals surface area contributed by atoms with Crippen LogP contribution in [-0.4, -0.2) is 0 Å². The number of nitrogens with zero attached hydrogens (tertiary/aromatic N) is 1. The minimum Gasteiger partial charge on any atom is -0.193 e. The van der Waals surface area contributed by atoms with Crippen LogP contribution in [0.25, 0.3) is 0 Å². The molecule has 0 bridgehead atoms. The van der Waals surface area contributed by atoms with Gasteiger partial charge in [-0.2, -0.15) is 5.26 Å². The molecule has 0 N–H and O–H groups in total. The summed E-state index contributed by atoms with van der Waals surface area (Å²) in [5, 5.41) is 8.21. The average Bonchev–Trinajstić information content (AvgIpc) is 2.63. The normalized spacial score (nSPS) is 11.2. The number of rotatable bonds is 0. The van der Waals surface area contributed by atoms with Gasteiger partial charge in [0.2, 0.25) is 0 Å². The van der Waals surface area contributed by atoms with Crippen molar-refractivity contribution < 1.29 is 0 Å². The Bertz CT molecular complexity index is 170. The van der Waals surface area contributed by atoms with Gasteiger partial charge in [0.25, 0.3) is 0 Å². The molecule has 0 atom stereocenters. The van der Waals surface area contributed by atoms with Gasteiger partial charge < -0.3 is 0 Å². The van der Waals surface area contributed by atoms with Gasteiger partial charge in [-0.15, -0.1) is 13.2 Å². The average molecular weight is 149 g/mol. The monoisotopic (exact) mass is 149 g/mol. The fourth-order valence-electron chi connectivity index (χ4n) is 0.530. The van der Waals surface area contributed by atoms with Crippen LogP contribution in [-0.2, 0) is 0 Å². The molecular formula is C10H15N. The van der Waals surface area contributed by atoms with Gasteiger partial charge in [0.15, 0.2) is 0 Å². The van der Waals surface area contributed by atoms with Gasteiger partial charge in [0.05, 0.1) is 6.07 Å². The van der Waals surface area contributed by atoms with E-state index in [4.69, 9.17) is 5.26 Å². The maximum Gasteiger partial charge on any atom is 0.0950 e. The fourth-order valence-corrected chi connectivity index (χ4v) is 0.530. The summed E-state index contributed by atoms with van der Waals surface area (Å²) < 4.78 is 0. The standard InChI is InChI=1S/C6H5N.C2H6.C2H4/c7-5-6-3-1-2-4-6;2*1-2/h1-3H,4H2;1-2H3;1-2H2. The lowest BCUT2D eigenvalue weighted by Crippen LogP contribution is -1.64. The van der Waals surface area contributed by atoms with Crippen molar-refractivity contribution in [1.29, 1.82) is 5.26 Å². The molecule has 1 aliphatic rings. The second kappa shape index (κ2) is 11.5. The Balaban J connectivity index is 0. The van der Waals surface area contributed by atoms with Gasteiger partial charge in [-0.05, 0) is 6.08 Å². The maximum absolute atomic E-state index is 8.21. The van der Waals surface area contributed by atoms with Crippen LogP contribution in [0.15, 0.2) is 37.0 Å². The highest BCUT2D eigenvalue weighted by Gasteiger charge is 1.92. The van der Waals surface area contributed by atoms with Crippen LogP contribution in [0.4, 0.5) is 0 Å². The number of hydrogen-bond acceptors (Lipinski definition) is 1. The van der Waals surface area contributed by atoms with E-state index in [2.05, 4.69) is 19.2 Å². The Morgan fingerprint density at radius 3 is 2.18 bits per heavy atom. The molecule has 0 saturated heterocycles. The maximum atomic E-state index is 8.21. The third kappa shape index (κ3) is 6.60. The molecule has 0 fully saturated rings. The van der Waals surface area contributed by atoms with Gasteiger partial charge in [-0.3, -0.25) is 0 Å². The van der Waals surface area contributed by atoms with Crippen LogP contribution in [0.1, 0.15) is 20.3 Å². The molecule has 11 heavy (non-hydrogen) atoms. The van der Waals surface area contributed by atoms with Crippen LogP contribution in [0.3, 0.4) is 0 Å². The molecule has 0 unspecified atom stereocenters. The largest absolute Gasteiger partial charge is 0.193 e. The van der Waals surface area contributed by atoms with Crippen molar-refractivity contribution >= 4 is 0 Å². The van der Waals surface area contributed by atoms with Crippen LogP contribution in [0, 0.1) is 11.3 Å². The lowest BCUT2D eigenvalue weighted by molar-refractivity contribution is 1.32.